The molecule has 0 bridgehead atoms. The number of rotatable bonds is 2. The Kier molecular flexibility index (Phi) is 3.84. The number of hydrogen-bond donors (Lipinski definition) is 0. The third kappa shape index (κ3) is 2.70. The van der Waals surface area contributed by atoms with E-state index in [9.17, 15) is 9.18 Å². The van der Waals surface area contributed by atoms with Crippen molar-refractivity contribution in [2.24, 2.45) is 0 Å². The number of fused-ring (bicyclic) bond motifs is 1. The van der Waals surface area contributed by atoms with Crippen molar-refractivity contribution in [3.05, 3.63) is 59.4 Å². The molecule has 0 aromatic heterocycles. The van der Waals surface area contributed by atoms with E-state index in [0.717, 1.165) is 24.8 Å². The smallest absolute Gasteiger partial charge is 0.254 e. The molecule has 0 radical (unpaired) electrons. The lowest BCUT2D eigenvalue weighted by Gasteiger charge is -2.36. The van der Waals surface area contributed by atoms with Gasteiger partial charge in [0.25, 0.3) is 5.91 Å². The van der Waals surface area contributed by atoms with Crippen molar-refractivity contribution < 1.29 is 18.7 Å². The molecule has 1 unspecified atom stereocenters. The molecule has 2 aliphatic rings. The van der Waals surface area contributed by atoms with Gasteiger partial charge in [0.15, 0.2) is 11.5 Å². The summed E-state index contributed by atoms with van der Waals surface area (Å²) in [6.07, 6.45) is 2.84. The van der Waals surface area contributed by atoms with Gasteiger partial charge in [-0.25, -0.2) is 4.39 Å². The summed E-state index contributed by atoms with van der Waals surface area (Å²) >= 11 is 0. The molecule has 4 rings (SSSR count). The van der Waals surface area contributed by atoms with Gasteiger partial charge in [-0.15, -0.1) is 0 Å². The van der Waals surface area contributed by atoms with Crippen LogP contribution >= 0.6 is 0 Å². The number of nitrogens with zero attached hydrogens (tertiary/aromatic N) is 1. The van der Waals surface area contributed by atoms with Crippen molar-refractivity contribution in [2.75, 3.05) is 13.3 Å². The Morgan fingerprint density at radius 2 is 1.96 bits per heavy atom. The minimum Gasteiger partial charge on any atom is -0.454 e. The van der Waals surface area contributed by atoms with E-state index in [-0.39, 0.29) is 24.6 Å². The highest BCUT2D eigenvalue weighted by Crippen LogP contribution is 2.36. The molecule has 0 spiro atoms. The van der Waals surface area contributed by atoms with Gasteiger partial charge in [-0.1, -0.05) is 12.1 Å². The maximum Gasteiger partial charge on any atom is 0.254 e. The second-order valence-corrected chi connectivity index (χ2v) is 6.13. The van der Waals surface area contributed by atoms with E-state index < -0.39 is 0 Å². The first kappa shape index (κ1) is 15.0. The summed E-state index contributed by atoms with van der Waals surface area (Å²) in [5, 5.41) is 0. The quantitative estimate of drug-likeness (QED) is 0.839. The van der Waals surface area contributed by atoms with Gasteiger partial charge in [0.1, 0.15) is 5.82 Å². The third-order valence-electron chi connectivity index (χ3n) is 4.62. The first-order valence-corrected chi connectivity index (χ1v) is 8.18. The fourth-order valence-corrected chi connectivity index (χ4v) is 3.43. The molecule has 0 aliphatic carbocycles. The first-order valence-electron chi connectivity index (χ1n) is 8.18. The molecule has 1 fully saturated rings. The summed E-state index contributed by atoms with van der Waals surface area (Å²) in [5.74, 6) is 0.933. The number of benzene rings is 2. The van der Waals surface area contributed by atoms with Crippen LogP contribution in [0.1, 0.15) is 41.2 Å². The van der Waals surface area contributed by atoms with Crippen molar-refractivity contribution >= 4 is 5.91 Å². The summed E-state index contributed by atoms with van der Waals surface area (Å²) < 4.78 is 24.2. The second kappa shape index (κ2) is 6.15. The highest BCUT2D eigenvalue weighted by atomic mass is 19.1. The molecule has 2 aliphatic heterocycles. The fourth-order valence-electron chi connectivity index (χ4n) is 3.43. The number of piperidine rings is 1. The Bertz CT molecular complexity index is 777. The average molecular weight is 327 g/mol. The van der Waals surface area contributed by atoms with Gasteiger partial charge in [0, 0.05) is 12.1 Å². The maximum absolute atomic E-state index is 13.6. The van der Waals surface area contributed by atoms with Gasteiger partial charge >= 0.3 is 0 Å². The van der Waals surface area contributed by atoms with Crippen LogP contribution in [0.25, 0.3) is 0 Å². The largest absolute Gasteiger partial charge is 0.454 e. The highest BCUT2D eigenvalue weighted by molar-refractivity contribution is 5.95. The van der Waals surface area contributed by atoms with Crippen molar-refractivity contribution in [2.45, 2.75) is 25.3 Å². The molecule has 2 aromatic carbocycles. The lowest BCUT2D eigenvalue weighted by molar-refractivity contribution is 0.0610. The molecule has 0 saturated carbocycles. The molecular weight excluding hydrogens is 309 g/mol. The normalized spacial score (nSPS) is 19.4. The van der Waals surface area contributed by atoms with Gasteiger partial charge in [-0.3, -0.25) is 4.79 Å². The van der Waals surface area contributed by atoms with E-state index in [1.807, 2.05) is 11.0 Å². The maximum atomic E-state index is 13.6. The van der Waals surface area contributed by atoms with Gasteiger partial charge in [0.05, 0.1) is 6.04 Å². The minimum absolute atomic E-state index is 0.0535. The second-order valence-electron chi connectivity index (χ2n) is 6.13. The van der Waals surface area contributed by atoms with Crippen LogP contribution in [0, 0.1) is 5.82 Å². The minimum atomic E-state index is -0.270. The van der Waals surface area contributed by atoms with E-state index in [1.165, 1.54) is 12.1 Å². The summed E-state index contributed by atoms with van der Waals surface area (Å²) in [4.78, 5) is 14.8. The van der Waals surface area contributed by atoms with Crippen LogP contribution in [0.2, 0.25) is 0 Å². The lowest BCUT2D eigenvalue weighted by Crippen LogP contribution is -2.38. The molecule has 2 heterocycles. The van der Waals surface area contributed by atoms with Crippen LogP contribution in [-0.2, 0) is 0 Å². The zero-order chi connectivity index (χ0) is 16.5. The Balaban J connectivity index is 1.64. The van der Waals surface area contributed by atoms with Crippen LogP contribution in [0.5, 0.6) is 11.5 Å². The molecule has 1 amide bonds. The van der Waals surface area contributed by atoms with E-state index in [0.29, 0.717) is 23.6 Å². The molecule has 1 atom stereocenters. The number of hydrogen-bond acceptors (Lipinski definition) is 3. The van der Waals surface area contributed by atoms with E-state index >= 15 is 0 Å². The summed E-state index contributed by atoms with van der Waals surface area (Å²) in [6, 6.07) is 11.7. The summed E-state index contributed by atoms with van der Waals surface area (Å²) in [5.41, 5.74) is 1.42. The molecule has 24 heavy (non-hydrogen) atoms. The fraction of sp³-hybridized carbons (Fsp3) is 0.316. The number of carbonyl (C=O) groups is 1. The standard InChI is InChI=1S/C19H18FNO3/c20-15-5-3-4-13(10-15)16-6-1-2-9-21(16)19(22)14-7-8-17-18(11-14)24-12-23-17/h3-5,7-8,10-11,16H,1-2,6,9,12H2. The molecule has 0 N–H and O–H groups in total. The number of carbonyl (C=O) groups excluding carboxylic acids is 1. The Labute approximate surface area is 139 Å². The van der Waals surface area contributed by atoms with Gasteiger partial charge in [-0.05, 0) is 55.2 Å². The summed E-state index contributed by atoms with van der Waals surface area (Å²) in [7, 11) is 0. The lowest BCUT2D eigenvalue weighted by atomic mass is 9.94. The Hall–Kier alpha value is -2.56. The Morgan fingerprint density at radius 1 is 1.08 bits per heavy atom. The molecule has 4 nitrogen and oxygen atoms in total. The number of amides is 1. The Morgan fingerprint density at radius 3 is 2.83 bits per heavy atom. The molecule has 124 valence electrons. The first-order chi connectivity index (χ1) is 11.7. The highest BCUT2D eigenvalue weighted by Gasteiger charge is 2.29. The predicted molar refractivity (Wildman–Crippen MR) is 86.6 cm³/mol. The zero-order valence-electron chi connectivity index (χ0n) is 13.2. The van der Waals surface area contributed by atoms with Gasteiger partial charge in [0.2, 0.25) is 6.79 Å². The van der Waals surface area contributed by atoms with Crippen LogP contribution < -0.4 is 9.47 Å². The van der Waals surface area contributed by atoms with Crippen LogP contribution in [-0.4, -0.2) is 24.1 Å². The van der Waals surface area contributed by atoms with Crippen LogP contribution in [0.15, 0.2) is 42.5 Å². The average Bonchev–Trinajstić information content (AvgIpc) is 3.09. The number of ether oxygens (including phenoxy) is 2. The van der Waals surface area contributed by atoms with Crippen molar-refractivity contribution in [3.8, 4) is 11.5 Å². The van der Waals surface area contributed by atoms with E-state index in [1.54, 1.807) is 24.3 Å². The third-order valence-corrected chi connectivity index (χ3v) is 4.62. The van der Waals surface area contributed by atoms with Crippen molar-refractivity contribution in [3.63, 3.8) is 0 Å². The summed E-state index contributed by atoms with van der Waals surface area (Å²) in [6.45, 7) is 0.858. The SMILES string of the molecule is O=C(c1ccc2c(c1)OCO2)N1CCCCC1c1cccc(F)c1. The van der Waals surface area contributed by atoms with Gasteiger partial charge < -0.3 is 14.4 Å². The zero-order valence-corrected chi connectivity index (χ0v) is 13.2. The van der Waals surface area contributed by atoms with E-state index in [2.05, 4.69) is 0 Å². The number of halogens is 1. The molecule has 5 heteroatoms. The van der Waals surface area contributed by atoms with Crippen LogP contribution in [0.3, 0.4) is 0 Å². The molecule has 1 saturated heterocycles. The number of likely N-dealkylation sites (tertiary alicyclic amines) is 1. The van der Waals surface area contributed by atoms with Gasteiger partial charge in [-0.2, -0.15) is 0 Å². The van der Waals surface area contributed by atoms with Crippen molar-refractivity contribution in [1.82, 2.24) is 4.90 Å². The van der Waals surface area contributed by atoms with Crippen molar-refractivity contribution in [1.29, 1.82) is 0 Å². The van der Waals surface area contributed by atoms with E-state index in [4.69, 9.17) is 9.47 Å². The topological polar surface area (TPSA) is 38.8 Å². The molecular formula is C19H18FNO3. The van der Waals surface area contributed by atoms with Crippen LogP contribution in [0.4, 0.5) is 4.39 Å². The molecule has 2 aromatic rings. The monoisotopic (exact) mass is 327 g/mol. The predicted octanol–water partition coefficient (Wildman–Crippen LogP) is 3.92.